The van der Waals surface area contributed by atoms with Crippen molar-refractivity contribution in [1.29, 1.82) is 0 Å². The molecule has 5 unspecified atom stereocenters. The highest BCUT2D eigenvalue weighted by Gasteiger charge is 2.23. The first-order valence-electron chi connectivity index (χ1n) is 20.8. The SMILES string of the molecule is C=CC(CC)CC/C=C/CC(CC(CC)C(=O)OCCCN=[N+]=[N-])c1ccccc1.CCC(CC/C=C/CC(CC)c1ccccc1)CCSCCN=[N+]=[N-]. The monoisotopic (exact) mass is 771 g/mol. The molecular formula is C46H70N6O2S. The summed E-state index contributed by atoms with van der Waals surface area (Å²) < 4.78 is 5.42. The fraction of sp³-hybridized carbons (Fsp3) is 0.587. The number of hydrogen-bond acceptors (Lipinski definition) is 5. The molecule has 55 heavy (non-hydrogen) atoms. The minimum atomic E-state index is -0.153. The lowest BCUT2D eigenvalue weighted by Gasteiger charge is -2.21. The Kier molecular flexibility index (Phi) is 30.9. The Labute approximate surface area is 337 Å². The molecule has 302 valence electrons. The number of allylic oxidation sites excluding steroid dienone is 5. The van der Waals surface area contributed by atoms with Gasteiger partial charge in [-0.05, 0) is 134 Å². The second-order valence-electron chi connectivity index (χ2n) is 14.0. The van der Waals surface area contributed by atoms with Gasteiger partial charge in [0.15, 0.2) is 0 Å². The van der Waals surface area contributed by atoms with E-state index in [0.29, 0.717) is 38.0 Å². The lowest BCUT2D eigenvalue weighted by Crippen LogP contribution is -2.20. The zero-order valence-corrected chi connectivity index (χ0v) is 35.2. The third kappa shape index (κ3) is 24.3. The molecule has 0 heterocycles. The second-order valence-corrected chi connectivity index (χ2v) is 15.3. The number of hydrogen-bond donors (Lipinski definition) is 0. The summed E-state index contributed by atoms with van der Waals surface area (Å²) >= 11 is 1.90. The van der Waals surface area contributed by atoms with E-state index >= 15 is 0 Å². The van der Waals surface area contributed by atoms with Crippen molar-refractivity contribution in [2.45, 2.75) is 123 Å². The van der Waals surface area contributed by atoms with Gasteiger partial charge in [0, 0.05) is 22.9 Å². The summed E-state index contributed by atoms with van der Waals surface area (Å²) in [6.07, 6.45) is 25.0. The van der Waals surface area contributed by atoms with Crippen molar-refractivity contribution in [3.05, 3.63) is 130 Å². The van der Waals surface area contributed by atoms with Gasteiger partial charge in [-0.15, -0.1) is 6.58 Å². The summed E-state index contributed by atoms with van der Waals surface area (Å²) in [6.45, 7) is 14.0. The number of nitrogens with zero attached hydrogens (tertiary/aromatic N) is 6. The van der Waals surface area contributed by atoms with E-state index in [9.17, 15) is 4.79 Å². The molecule has 0 aliphatic rings. The van der Waals surface area contributed by atoms with Crippen LogP contribution in [0.2, 0.25) is 0 Å². The molecule has 0 amide bonds. The third-order valence-corrected chi connectivity index (χ3v) is 11.3. The van der Waals surface area contributed by atoms with E-state index in [0.717, 1.165) is 56.6 Å². The van der Waals surface area contributed by atoms with Crippen LogP contribution in [0.15, 0.2) is 108 Å². The molecule has 2 aromatic carbocycles. The van der Waals surface area contributed by atoms with E-state index in [-0.39, 0.29) is 17.8 Å². The Bertz CT molecular complexity index is 1410. The van der Waals surface area contributed by atoms with Gasteiger partial charge < -0.3 is 4.74 Å². The molecule has 2 aromatic rings. The van der Waals surface area contributed by atoms with Crippen LogP contribution >= 0.6 is 11.8 Å². The minimum absolute atomic E-state index is 0.131. The van der Waals surface area contributed by atoms with E-state index in [1.54, 1.807) is 0 Å². The van der Waals surface area contributed by atoms with Gasteiger partial charge in [-0.2, -0.15) is 11.8 Å². The number of thioether (sulfide) groups is 1. The first-order valence-corrected chi connectivity index (χ1v) is 21.9. The number of azide groups is 2. The van der Waals surface area contributed by atoms with Gasteiger partial charge in [0.2, 0.25) is 0 Å². The summed E-state index contributed by atoms with van der Waals surface area (Å²) in [4.78, 5) is 18.0. The van der Waals surface area contributed by atoms with Crippen LogP contribution in [0.3, 0.4) is 0 Å². The van der Waals surface area contributed by atoms with Crippen LogP contribution in [-0.4, -0.2) is 37.2 Å². The van der Waals surface area contributed by atoms with Crippen LogP contribution in [0.5, 0.6) is 0 Å². The zero-order chi connectivity index (χ0) is 40.2. The van der Waals surface area contributed by atoms with Crippen LogP contribution < -0.4 is 0 Å². The Balaban J connectivity index is 0.000000559. The Morgan fingerprint density at radius 3 is 1.91 bits per heavy atom. The first kappa shape index (κ1) is 49.1. The van der Waals surface area contributed by atoms with Gasteiger partial charge in [0.05, 0.1) is 12.5 Å². The summed E-state index contributed by atoms with van der Waals surface area (Å²) in [5.74, 6) is 4.16. The van der Waals surface area contributed by atoms with Crippen molar-refractivity contribution in [2.75, 3.05) is 31.2 Å². The highest BCUT2D eigenvalue weighted by molar-refractivity contribution is 7.99. The number of rotatable bonds is 30. The van der Waals surface area contributed by atoms with Crippen LogP contribution in [0.25, 0.3) is 20.9 Å². The largest absolute Gasteiger partial charge is 0.465 e. The average Bonchev–Trinajstić information content (AvgIpc) is 3.22. The van der Waals surface area contributed by atoms with Crippen LogP contribution in [0.4, 0.5) is 0 Å². The number of benzene rings is 2. The molecule has 0 aliphatic carbocycles. The molecule has 8 nitrogen and oxygen atoms in total. The molecule has 0 N–H and O–H groups in total. The summed E-state index contributed by atoms with van der Waals surface area (Å²) in [5.41, 5.74) is 19.3. The number of esters is 1. The Hall–Kier alpha value is -3.90. The molecule has 9 heteroatoms. The molecule has 5 atom stereocenters. The summed E-state index contributed by atoms with van der Waals surface area (Å²) in [7, 11) is 0. The van der Waals surface area contributed by atoms with Crippen LogP contribution in [0.1, 0.15) is 134 Å². The van der Waals surface area contributed by atoms with Crippen molar-refractivity contribution >= 4 is 17.7 Å². The molecule has 0 aromatic heterocycles. The molecule has 0 bridgehead atoms. The van der Waals surface area contributed by atoms with Crippen molar-refractivity contribution in [3.63, 3.8) is 0 Å². The van der Waals surface area contributed by atoms with Crippen molar-refractivity contribution in [3.8, 4) is 0 Å². The molecule has 2 rings (SSSR count). The maximum absolute atomic E-state index is 12.5. The average molecular weight is 771 g/mol. The van der Waals surface area contributed by atoms with Gasteiger partial charge in [-0.3, -0.25) is 4.79 Å². The topological polar surface area (TPSA) is 124 Å². The van der Waals surface area contributed by atoms with Crippen LogP contribution in [-0.2, 0) is 9.53 Å². The van der Waals surface area contributed by atoms with Gasteiger partial charge in [-0.1, -0.05) is 135 Å². The number of carbonyl (C=O) groups is 1. The third-order valence-electron chi connectivity index (χ3n) is 10.3. The zero-order valence-electron chi connectivity index (χ0n) is 34.4. The molecular weight excluding hydrogens is 701 g/mol. The van der Waals surface area contributed by atoms with Gasteiger partial charge in [0.1, 0.15) is 0 Å². The number of carbonyl (C=O) groups excluding carboxylic acids is 1. The van der Waals surface area contributed by atoms with Gasteiger partial charge in [-0.25, -0.2) is 0 Å². The van der Waals surface area contributed by atoms with Gasteiger partial charge >= 0.3 is 5.97 Å². The predicted octanol–water partition coefficient (Wildman–Crippen LogP) is 14.7. The maximum atomic E-state index is 12.5. The van der Waals surface area contributed by atoms with Gasteiger partial charge in [0.25, 0.3) is 0 Å². The Morgan fingerprint density at radius 1 is 0.745 bits per heavy atom. The van der Waals surface area contributed by atoms with E-state index in [4.69, 9.17) is 15.8 Å². The normalized spacial score (nSPS) is 13.7. The van der Waals surface area contributed by atoms with E-state index in [1.165, 1.54) is 49.0 Å². The van der Waals surface area contributed by atoms with E-state index in [2.05, 4.69) is 126 Å². The first-order chi connectivity index (χ1) is 27.0. The second kappa shape index (κ2) is 34.6. The fourth-order valence-corrected chi connectivity index (χ4v) is 7.46. The highest BCUT2D eigenvalue weighted by Crippen LogP contribution is 2.30. The van der Waals surface area contributed by atoms with E-state index < -0.39 is 0 Å². The molecule has 0 spiro atoms. The quantitative estimate of drug-likeness (QED) is 0.0196. The smallest absolute Gasteiger partial charge is 0.308 e. The lowest BCUT2D eigenvalue weighted by atomic mass is 9.85. The highest BCUT2D eigenvalue weighted by atomic mass is 32.2. The van der Waals surface area contributed by atoms with Crippen molar-refractivity contribution < 1.29 is 9.53 Å². The maximum Gasteiger partial charge on any atom is 0.308 e. The predicted molar refractivity (Wildman–Crippen MR) is 236 cm³/mol. The molecule has 0 aliphatic heterocycles. The van der Waals surface area contributed by atoms with Crippen LogP contribution in [0, 0.1) is 17.8 Å². The molecule has 0 saturated carbocycles. The van der Waals surface area contributed by atoms with E-state index in [1.807, 2.05) is 30.8 Å². The molecule has 0 saturated heterocycles. The molecule has 0 fully saturated rings. The summed E-state index contributed by atoms with van der Waals surface area (Å²) in [6, 6.07) is 21.3. The summed E-state index contributed by atoms with van der Waals surface area (Å²) in [5, 5.41) is 7.04. The minimum Gasteiger partial charge on any atom is -0.465 e. The molecule has 0 radical (unpaired) electrons. The van der Waals surface area contributed by atoms with Crippen molar-refractivity contribution in [1.82, 2.24) is 0 Å². The number of ether oxygens (including phenoxy) is 1. The van der Waals surface area contributed by atoms with Crippen molar-refractivity contribution in [2.24, 2.45) is 28.0 Å². The standard InChI is InChI=1S/C25H37N3O2.C21H33N3S/c1-4-21(5-2)14-9-7-12-17-24(23-15-10-8-11-16-23)20-22(6-3)25(29)30-19-13-18-27-28-26;1-3-19(15-17-25-18-16-23-24-22)11-7-5-8-12-20(4-2)21-13-9-6-10-14-21/h4,7-8,10-12,15-16,21-22,24H,1,5-6,9,13-14,17-20H2,2-3H3;5-6,8-10,13-14,19-20H,3-4,7,11-12,15-18H2,1-2H3/b12-7+;8-5+. The lowest BCUT2D eigenvalue weighted by molar-refractivity contribution is -0.149. The fourth-order valence-electron chi connectivity index (χ4n) is 6.54. The Morgan fingerprint density at radius 2 is 1.35 bits per heavy atom.